The van der Waals surface area contributed by atoms with Gasteiger partial charge in [0.05, 0.1) is 31.0 Å². The Balaban J connectivity index is 1.56. The molecule has 1 aromatic heterocycles. The van der Waals surface area contributed by atoms with Crippen LogP contribution in [0.4, 0.5) is 5.69 Å². The molecule has 0 bridgehead atoms. The Labute approximate surface area is 238 Å². The Morgan fingerprint density at radius 2 is 1.65 bits per heavy atom. The van der Waals surface area contributed by atoms with Gasteiger partial charge in [0.2, 0.25) is 0 Å². The highest BCUT2D eigenvalue weighted by Gasteiger charge is 2.28. The molecule has 4 aromatic rings. The fourth-order valence-electron chi connectivity index (χ4n) is 4.26. The number of hydrogen-bond acceptors (Lipinski definition) is 6. The van der Waals surface area contributed by atoms with Gasteiger partial charge in [0, 0.05) is 33.7 Å². The Morgan fingerprint density at radius 3 is 2.30 bits per heavy atom. The molecule has 11 heteroatoms. The van der Waals surface area contributed by atoms with Gasteiger partial charge in [0.25, 0.3) is 15.9 Å². The summed E-state index contributed by atoms with van der Waals surface area (Å²) in [6.45, 7) is 3.41. The number of anilines is 1. The fraction of sp³-hybridized carbons (Fsp3) is 0.172. The summed E-state index contributed by atoms with van der Waals surface area (Å²) in [6, 6.07) is 22.0. The first-order valence-corrected chi connectivity index (χ1v) is 14.0. The number of methoxy groups -OCH3 is 2. The number of hydrogen-bond donors (Lipinski definition) is 1. The number of aryl methyl sites for hydroxylation is 1. The van der Waals surface area contributed by atoms with Crippen LogP contribution in [-0.4, -0.2) is 45.9 Å². The summed E-state index contributed by atoms with van der Waals surface area (Å²) in [6.07, 6.45) is 1.53. The molecule has 0 unspecified atom stereocenters. The molecular weight excluding hydrogens is 552 g/mol. The van der Waals surface area contributed by atoms with Crippen molar-refractivity contribution < 1.29 is 22.7 Å². The third-order valence-electron chi connectivity index (χ3n) is 6.22. The second-order valence-electron chi connectivity index (χ2n) is 8.80. The number of ether oxygens (including phenoxy) is 2. The summed E-state index contributed by atoms with van der Waals surface area (Å²) in [5.74, 6) is 0.0210. The number of aromatic nitrogens is 1. The van der Waals surface area contributed by atoms with Crippen molar-refractivity contribution in [3.63, 3.8) is 0 Å². The number of benzene rings is 3. The number of para-hydroxylation sites is 1. The summed E-state index contributed by atoms with van der Waals surface area (Å²) in [4.78, 5) is 12.9. The average Bonchev–Trinajstić information content (AvgIpc) is 3.24. The van der Waals surface area contributed by atoms with Crippen molar-refractivity contribution in [1.82, 2.24) is 9.99 Å². The molecule has 0 saturated carbocycles. The van der Waals surface area contributed by atoms with E-state index >= 15 is 0 Å². The van der Waals surface area contributed by atoms with E-state index in [0.29, 0.717) is 16.5 Å². The summed E-state index contributed by atoms with van der Waals surface area (Å²) in [7, 11) is -1.28. The van der Waals surface area contributed by atoms with E-state index in [0.717, 1.165) is 26.9 Å². The van der Waals surface area contributed by atoms with E-state index in [9.17, 15) is 13.2 Å². The van der Waals surface area contributed by atoms with Crippen LogP contribution in [0.25, 0.3) is 5.69 Å². The molecule has 0 aliphatic heterocycles. The minimum absolute atomic E-state index is 0.0556. The van der Waals surface area contributed by atoms with Crippen molar-refractivity contribution in [2.45, 2.75) is 18.7 Å². The van der Waals surface area contributed by atoms with Gasteiger partial charge in [0.1, 0.15) is 6.54 Å². The smallest absolute Gasteiger partial charge is 0.264 e. The SMILES string of the molecule is COc1ccc(S(=O)(=O)N(CC(=O)N/N=C\c2cc(C)n(-c3ccc(Cl)cc3)c2C)c2ccccc2)cc1OC. The topological polar surface area (TPSA) is 102 Å². The number of carbonyl (C=O) groups excluding carboxylic acids is 1. The molecule has 3 aromatic carbocycles. The monoisotopic (exact) mass is 580 g/mol. The van der Waals surface area contributed by atoms with Crippen LogP contribution in [0, 0.1) is 13.8 Å². The highest BCUT2D eigenvalue weighted by atomic mass is 35.5. The van der Waals surface area contributed by atoms with Gasteiger partial charge in [-0.15, -0.1) is 0 Å². The molecule has 1 amide bonds. The van der Waals surface area contributed by atoms with E-state index in [1.54, 1.807) is 30.3 Å². The number of sulfonamides is 1. The fourth-order valence-corrected chi connectivity index (χ4v) is 5.82. The van der Waals surface area contributed by atoms with Gasteiger partial charge in [-0.05, 0) is 68.4 Å². The van der Waals surface area contributed by atoms with E-state index in [-0.39, 0.29) is 10.6 Å². The Kier molecular flexibility index (Phi) is 8.81. The van der Waals surface area contributed by atoms with E-state index in [1.807, 2.05) is 48.7 Å². The standard InChI is InChI=1S/C29H29ClN4O5S/c1-20-16-22(21(2)34(20)25-12-10-23(30)11-13-25)18-31-32-29(35)19-33(24-8-6-5-7-9-24)40(36,37)26-14-15-27(38-3)28(17-26)39-4/h5-18H,19H2,1-4H3,(H,32,35)/b31-18-. The average molecular weight is 581 g/mol. The number of rotatable bonds is 10. The minimum atomic E-state index is -4.15. The van der Waals surface area contributed by atoms with Gasteiger partial charge in [0.15, 0.2) is 11.5 Å². The summed E-state index contributed by atoms with van der Waals surface area (Å²) >= 11 is 6.02. The number of halogens is 1. The Bertz CT molecular complexity index is 1640. The highest BCUT2D eigenvalue weighted by molar-refractivity contribution is 7.92. The zero-order valence-electron chi connectivity index (χ0n) is 22.5. The van der Waals surface area contributed by atoms with Crippen molar-refractivity contribution in [2.75, 3.05) is 25.1 Å². The predicted octanol–water partition coefficient (Wildman–Crippen LogP) is 5.11. The van der Waals surface area contributed by atoms with Crippen LogP contribution >= 0.6 is 11.6 Å². The molecule has 1 N–H and O–H groups in total. The maximum Gasteiger partial charge on any atom is 0.264 e. The third-order valence-corrected chi connectivity index (χ3v) is 8.24. The zero-order valence-corrected chi connectivity index (χ0v) is 24.0. The van der Waals surface area contributed by atoms with Crippen LogP contribution < -0.4 is 19.2 Å². The highest BCUT2D eigenvalue weighted by Crippen LogP contribution is 2.32. The van der Waals surface area contributed by atoms with Gasteiger partial charge in [-0.3, -0.25) is 9.10 Å². The van der Waals surface area contributed by atoms with Crippen molar-refractivity contribution in [2.24, 2.45) is 5.10 Å². The summed E-state index contributed by atoms with van der Waals surface area (Å²) < 4.78 is 40.9. The van der Waals surface area contributed by atoms with Gasteiger partial charge < -0.3 is 14.0 Å². The van der Waals surface area contributed by atoms with Crippen LogP contribution in [0.2, 0.25) is 5.02 Å². The van der Waals surface area contributed by atoms with E-state index in [2.05, 4.69) is 10.5 Å². The lowest BCUT2D eigenvalue weighted by Gasteiger charge is -2.24. The molecule has 0 aliphatic rings. The van der Waals surface area contributed by atoms with Gasteiger partial charge in [-0.25, -0.2) is 13.8 Å². The molecule has 0 radical (unpaired) electrons. The molecule has 0 atom stereocenters. The first-order chi connectivity index (χ1) is 19.1. The predicted molar refractivity (Wildman–Crippen MR) is 157 cm³/mol. The number of nitrogens with one attached hydrogen (secondary N) is 1. The Morgan fingerprint density at radius 1 is 0.975 bits per heavy atom. The number of amides is 1. The maximum absolute atomic E-state index is 13.7. The van der Waals surface area contributed by atoms with Crippen LogP contribution in [0.1, 0.15) is 17.0 Å². The van der Waals surface area contributed by atoms with Crippen molar-refractivity contribution in [3.05, 3.63) is 101 Å². The summed E-state index contributed by atoms with van der Waals surface area (Å²) in [5.41, 5.74) is 6.41. The van der Waals surface area contributed by atoms with Crippen LogP contribution in [-0.2, 0) is 14.8 Å². The van der Waals surface area contributed by atoms with Gasteiger partial charge in [-0.1, -0.05) is 29.8 Å². The van der Waals surface area contributed by atoms with Crippen molar-refractivity contribution in [3.8, 4) is 17.2 Å². The lowest BCUT2D eigenvalue weighted by atomic mass is 10.2. The number of hydrazone groups is 1. The first kappa shape index (κ1) is 28.7. The molecule has 0 fully saturated rings. The molecule has 1 heterocycles. The lowest BCUT2D eigenvalue weighted by molar-refractivity contribution is -0.119. The second kappa shape index (κ2) is 12.3. The lowest BCUT2D eigenvalue weighted by Crippen LogP contribution is -2.39. The molecule has 0 saturated heterocycles. The van der Waals surface area contributed by atoms with Crippen LogP contribution in [0.15, 0.2) is 88.9 Å². The molecule has 208 valence electrons. The third kappa shape index (κ3) is 6.13. The number of nitrogens with zero attached hydrogens (tertiary/aromatic N) is 3. The van der Waals surface area contributed by atoms with Crippen LogP contribution in [0.5, 0.6) is 11.5 Å². The van der Waals surface area contributed by atoms with E-state index in [1.165, 1.54) is 38.6 Å². The Hall–Kier alpha value is -4.28. The van der Waals surface area contributed by atoms with Gasteiger partial charge >= 0.3 is 0 Å². The largest absolute Gasteiger partial charge is 0.493 e. The van der Waals surface area contributed by atoms with Crippen molar-refractivity contribution in [1.29, 1.82) is 0 Å². The van der Waals surface area contributed by atoms with E-state index in [4.69, 9.17) is 21.1 Å². The molecule has 0 spiro atoms. The first-order valence-electron chi connectivity index (χ1n) is 12.2. The summed E-state index contributed by atoms with van der Waals surface area (Å²) in [5, 5.41) is 4.75. The minimum Gasteiger partial charge on any atom is -0.493 e. The second-order valence-corrected chi connectivity index (χ2v) is 11.1. The molecule has 40 heavy (non-hydrogen) atoms. The molecule has 9 nitrogen and oxygen atoms in total. The van der Waals surface area contributed by atoms with E-state index < -0.39 is 22.5 Å². The quantitative estimate of drug-likeness (QED) is 0.207. The van der Waals surface area contributed by atoms with Gasteiger partial charge in [-0.2, -0.15) is 5.10 Å². The molecule has 4 rings (SSSR count). The molecular formula is C29H29ClN4O5S. The zero-order chi connectivity index (χ0) is 28.9. The normalized spacial score (nSPS) is 11.4. The van der Waals surface area contributed by atoms with Crippen molar-refractivity contribution >= 4 is 39.4 Å². The maximum atomic E-state index is 13.7. The number of carbonyl (C=O) groups is 1. The van der Waals surface area contributed by atoms with Crippen LogP contribution in [0.3, 0.4) is 0 Å². The molecule has 0 aliphatic carbocycles.